The van der Waals surface area contributed by atoms with Crippen molar-refractivity contribution in [2.75, 3.05) is 11.9 Å². The second kappa shape index (κ2) is 6.66. The number of amides is 2. The van der Waals surface area contributed by atoms with Crippen molar-refractivity contribution in [3.05, 3.63) is 27.7 Å². The summed E-state index contributed by atoms with van der Waals surface area (Å²) < 4.78 is 0.733. The van der Waals surface area contributed by atoms with E-state index in [0.29, 0.717) is 17.3 Å². The molecule has 2 atom stereocenters. The van der Waals surface area contributed by atoms with Crippen molar-refractivity contribution in [1.29, 1.82) is 0 Å². The fraction of sp³-hybridized carbons (Fsp3) is 0.429. The summed E-state index contributed by atoms with van der Waals surface area (Å²) in [6, 6.07) is 3.85. The molecule has 1 saturated heterocycles. The molecular weight excluding hydrogens is 360 g/mol. The quantitative estimate of drug-likeness (QED) is 0.825. The van der Waals surface area contributed by atoms with E-state index in [9.17, 15) is 14.7 Å². The molecule has 1 aliphatic heterocycles. The van der Waals surface area contributed by atoms with E-state index in [-0.39, 0.29) is 5.92 Å². The molecule has 5 nitrogen and oxygen atoms in total. The van der Waals surface area contributed by atoms with Gasteiger partial charge in [0.1, 0.15) is 6.04 Å². The van der Waals surface area contributed by atoms with Crippen molar-refractivity contribution >= 4 is 45.2 Å². The van der Waals surface area contributed by atoms with Gasteiger partial charge in [0.05, 0.1) is 5.02 Å². The molecule has 1 aromatic rings. The predicted octanol–water partition coefficient (Wildman–Crippen LogP) is 3.82. The lowest BCUT2D eigenvalue weighted by molar-refractivity contribution is -0.145. The normalized spacial score (nSPS) is 22.0. The number of carbonyl (C=O) groups is 2. The maximum Gasteiger partial charge on any atom is 0.326 e. The van der Waals surface area contributed by atoms with E-state index in [4.69, 9.17) is 11.6 Å². The molecule has 1 aliphatic rings. The van der Waals surface area contributed by atoms with Gasteiger partial charge < -0.3 is 15.3 Å². The van der Waals surface area contributed by atoms with Gasteiger partial charge in [-0.3, -0.25) is 0 Å². The molecule has 1 aromatic carbocycles. The van der Waals surface area contributed by atoms with Crippen LogP contribution in [0.2, 0.25) is 5.02 Å². The van der Waals surface area contributed by atoms with Crippen molar-refractivity contribution in [2.45, 2.75) is 25.8 Å². The number of urea groups is 1. The molecule has 0 aromatic heterocycles. The SMILES string of the molecule is CC1CCCN(C(=O)Nc2ccc(Br)c(Cl)c2)C1C(=O)O. The number of carboxylic acid groups (broad SMARTS) is 1. The van der Waals surface area contributed by atoms with Crippen molar-refractivity contribution in [3.63, 3.8) is 0 Å². The van der Waals surface area contributed by atoms with E-state index in [1.54, 1.807) is 18.2 Å². The highest BCUT2D eigenvalue weighted by Crippen LogP contribution is 2.27. The van der Waals surface area contributed by atoms with E-state index in [1.165, 1.54) is 4.90 Å². The lowest BCUT2D eigenvalue weighted by Crippen LogP contribution is -2.53. The van der Waals surface area contributed by atoms with Crippen molar-refractivity contribution in [2.24, 2.45) is 5.92 Å². The maximum atomic E-state index is 12.3. The topological polar surface area (TPSA) is 69.6 Å². The second-order valence-electron chi connectivity index (χ2n) is 5.16. The lowest BCUT2D eigenvalue weighted by Gasteiger charge is -2.37. The number of hydrogen-bond donors (Lipinski definition) is 2. The summed E-state index contributed by atoms with van der Waals surface area (Å²) in [4.78, 5) is 25.1. The number of carbonyl (C=O) groups excluding carboxylic acids is 1. The van der Waals surface area contributed by atoms with Crippen LogP contribution in [-0.2, 0) is 4.79 Å². The molecule has 2 N–H and O–H groups in total. The van der Waals surface area contributed by atoms with Crippen LogP contribution in [0.3, 0.4) is 0 Å². The highest BCUT2D eigenvalue weighted by atomic mass is 79.9. The van der Waals surface area contributed by atoms with Gasteiger partial charge in [-0.05, 0) is 52.9 Å². The summed E-state index contributed by atoms with van der Waals surface area (Å²) in [7, 11) is 0. The number of hydrogen-bond acceptors (Lipinski definition) is 2. The van der Waals surface area contributed by atoms with Gasteiger partial charge in [0.25, 0.3) is 0 Å². The summed E-state index contributed by atoms with van der Waals surface area (Å²) in [5, 5.41) is 12.5. The van der Waals surface area contributed by atoms with E-state index < -0.39 is 18.0 Å². The standard InChI is InChI=1S/C14H16BrClN2O3/c1-8-3-2-6-18(12(8)13(19)20)14(21)17-9-4-5-10(15)11(16)7-9/h4-5,7-8,12H,2-3,6H2,1H3,(H,17,21)(H,19,20). The molecule has 2 unspecified atom stereocenters. The maximum absolute atomic E-state index is 12.3. The van der Waals surface area contributed by atoms with Crippen LogP contribution in [0.5, 0.6) is 0 Å². The zero-order valence-electron chi connectivity index (χ0n) is 11.5. The fourth-order valence-electron chi connectivity index (χ4n) is 2.56. The van der Waals surface area contributed by atoms with Crippen molar-refractivity contribution in [3.8, 4) is 0 Å². The number of benzene rings is 1. The van der Waals surface area contributed by atoms with Gasteiger partial charge in [-0.2, -0.15) is 0 Å². The molecule has 0 spiro atoms. The highest BCUT2D eigenvalue weighted by Gasteiger charge is 2.37. The Balaban J connectivity index is 2.14. The number of carboxylic acids is 1. The number of nitrogens with one attached hydrogen (secondary N) is 1. The number of piperidine rings is 1. The minimum Gasteiger partial charge on any atom is -0.480 e. The highest BCUT2D eigenvalue weighted by molar-refractivity contribution is 9.10. The van der Waals surface area contributed by atoms with Gasteiger partial charge in [0.15, 0.2) is 0 Å². The van der Waals surface area contributed by atoms with E-state index in [1.807, 2.05) is 6.92 Å². The van der Waals surface area contributed by atoms with E-state index in [2.05, 4.69) is 21.2 Å². The minimum atomic E-state index is -0.966. The van der Waals surface area contributed by atoms with Crippen LogP contribution in [0.15, 0.2) is 22.7 Å². The van der Waals surface area contributed by atoms with Crippen LogP contribution in [0, 0.1) is 5.92 Å². The first-order chi connectivity index (χ1) is 9.90. The number of anilines is 1. The molecule has 7 heteroatoms. The molecule has 0 radical (unpaired) electrons. The number of nitrogens with zero attached hydrogens (tertiary/aromatic N) is 1. The molecule has 0 bridgehead atoms. The molecule has 0 aliphatic carbocycles. The minimum absolute atomic E-state index is 0.0597. The summed E-state index contributed by atoms with van der Waals surface area (Å²) in [6.45, 7) is 2.30. The molecule has 21 heavy (non-hydrogen) atoms. The second-order valence-corrected chi connectivity index (χ2v) is 6.42. The molecule has 1 heterocycles. The van der Waals surface area contributed by atoms with Crippen molar-refractivity contribution < 1.29 is 14.7 Å². The average molecular weight is 376 g/mol. The van der Waals surface area contributed by atoms with Crippen LogP contribution in [0.25, 0.3) is 0 Å². The van der Waals surface area contributed by atoms with Gasteiger partial charge in [-0.1, -0.05) is 18.5 Å². The summed E-state index contributed by atoms with van der Waals surface area (Å²) in [5.74, 6) is -1.03. The molecule has 0 saturated carbocycles. The van der Waals surface area contributed by atoms with Gasteiger partial charge in [-0.15, -0.1) is 0 Å². The molecule has 114 valence electrons. The van der Waals surface area contributed by atoms with E-state index >= 15 is 0 Å². The first kappa shape index (κ1) is 16.1. The van der Waals surface area contributed by atoms with Gasteiger partial charge in [0, 0.05) is 16.7 Å². The molecular formula is C14H16BrClN2O3. The lowest BCUT2D eigenvalue weighted by atomic mass is 9.91. The summed E-state index contributed by atoms with van der Waals surface area (Å²) in [6.07, 6.45) is 1.62. The molecule has 2 amide bonds. The third-order valence-electron chi connectivity index (χ3n) is 3.62. The van der Waals surface area contributed by atoms with Crippen LogP contribution in [0.4, 0.5) is 10.5 Å². The fourth-order valence-corrected chi connectivity index (χ4v) is 2.99. The van der Waals surface area contributed by atoms with Gasteiger partial charge in [0.2, 0.25) is 0 Å². The zero-order chi connectivity index (χ0) is 15.6. The Kier molecular flexibility index (Phi) is 5.11. The smallest absolute Gasteiger partial charge is 0.326 e. The largest absolute Gasteiger partial charge is 0.480 e. The van der Waals surface area contributed by atoms with Crippen LogP contribution in [0.1, 0.15) is 19.8 Å². The van der Waals surface area contributed by atoms with Crippen LogP contribution in [-0.4, -0.2) is 34.6 Å². The van der Waals surface area contributed by atoms with Crippen LogP contribution < -0.4 is 5.32 Å². The molecule has 2 rings (SSSR count). The first-order valence-corrected chi connectivity index (χ1v) is 7.82. The van der Waals surface area contributed by atoms with Crippen LogP contribution >= 0.6 is 27.5 Å². The predicted molar refractivity (Wildman–Crippen MR) is 84.7 cm³/mol. The zero-order valence-corrected chi connectivity index (χ0v) is 13.8. The van der Waals surface area contributed by atoms with Crippen molar-refractivity contribution in [1.82, 2.24) is 4.90 Å². The average Bonchev–Trinajstić information content (AvgIpc) is 2.42. The van der Waals surface area contributed by atoms with Gasteiger partial charge >= 0.3 is 12.0 Å². The Morgan fingerprint density at radius 1 is 1.48 bits per heavy atom. The summed E-state index contributed by atoms with van der Waals surface area (Å²) >= 11 is 9.26. The first-order valence-electron chi connectivity index (χ1n) is 6.65. The third kappa shape index (κ3) is 3.68. The van der Waals surface area contributed by atoms with Gasteiger partial charge in [-0.25, -0.2) is 9.59 Å². The number of aliphatic carboxylic acids is 1. The number of halogens is 2. The Hall–Kier alpha value is -1.27. The monoisotopic (exact) mass is 374 g/mol. The molecule has 1 fully saturated rings. The number of likely N-dealkylation sites (tertiary alicyclic amines) is 1. The third-order valence-corrected chi connectivity index (χ3v) is 4.85. The van der Waals surface area contributed by atoms with E-state index in [0.717, 1.165) is 17.3 Å². The Morgan fingerprint density at radius 3 is 2.81 bits per heavy atom. The Bertz CT molecular complexity index is 567. The Labute approximate surface area is 136 Å². The summed E-state index contributed by atoms with van der Waals surface area (Å²) in [5.41, 5.74) is 0.538. The Morgan fingerprint density at radius 2 is 2.19 bits per heavy atom. The number of rotatable bonds is 2.